The molecule has 1 heterocycles. The van der Waals surface area contributed by atoms with Gasteiger partial charge in [0.15, 0.2) is 0 Å². The molecule has 20 heavy (non-hydrogen) atoms. The van der Waals surface area contributed by atoms with Crippen molar-refractivity contribution in [3.8, 4) is 0 Å². The molecule has 0 aliphatic heterocycles. The van der Waals surface area contributed by atoms with Gasteiger partial charge in [-0.1, -0.05) is 0 Å². The zero-order valence-electron chi connectivity index (χ0n) is 11.6. The second-order valence-electron chi connectivity index (χ2n) is 4.78. The van der Waals surface area contributed by atoms with Crippen molar-refractivity contribution >= 4 is 11.6 Å². The number of rotatable bonds is 5. The van der Waals surface area contributed by atoms with Crippen LogP contribution in [0.1, 0.15) is 22.8 Å². The van der Waals surface area contributed by atoms with Gasteiger partial charge in [-0.05, 0) is 43.7 Å². The van der Waals surface area contributed by atoms with Crippen LogP contribution in [0, 0.1) is 6.92 Å². The van der Waals surface area contributed by atoms with Crippen molar-refractivity contribution in [3.05, 3.63) is 47.8 Å². The molecule has 2 aromatic rings. The van der Waals surface area contributed by atoms with Gasteiger partial charge in [-0.25, -0.2) is 0 Å². The van der Waals surface area contributed by atoms with Gasteiger partial charge in [0.05, 0.1) is 6.54 Å². The molecule has 1 unspecified atom stereocenters. The standard InChI is InChI=1S/C14H19N5O/c1-10-8-12(18-15)4-5-13(10)14(20)17-11(2)9-19-7-3-6-16-19/h3-8,11,18H,9,15H2,1-2H3,(H,17,20). The minimum Gasteiger partial charge on any atom is -0.348 e. The van der Waals surface area contributed by atoms with Gasteiger partial charge < -0.3 is 10.7 Å². The summed E-state index contributed by atoms with van der Waals surface area (Å²) in [5.74, 6) is 5.25. The van der Waals surface area contributed by atoms with E-state index in [-0.39, 0.29) is 11.9 Å². The molecule has 0 aliphatic carbocycles. The number of carbonyl (C=O) groups is 1. The molecule has 1 aromatic heterocycles. The minimum atomic E-state index is -0.0919. The predicted octanol–water partition coefficient (Wildman–Crippen LogP) is 1.30. The predicted molar refractivity (Wildman–Crippen MR) is 78.1 cm³/mol. The summed E-state index contributed by atoms with van der Waals surface area (Å²) in [5.41, 5.74) is 4.87. The van der Waals surface area contributed by atoms with Crippen LogP contribution in [0.25, 0.3) is 0 Å². The van der Waals surface area contributed by atoms with Gasteiger partial charge in [-0.15, -0.1) is 0 Å². The highest BCUT2D eigenvalue weighted by Crippen LogP contribution is 2.14. The highest BCUT2D eigenvalue weighted by Gasteiger charge is 2.12. The maximum Gasteiger partial charge on any atom is 0.251 e. The third-order valence-electron chi connectivity index (χ3n) is 3.04. The summed E-state index contributed by atoms with van der Waals surface area (Å²) in [4.78, 5) is 12.2. The average Bonchev–Trinajstić information content (AvgIpc) is 2.90. The molecule has 1 atom stereocenters. The Labute approximate surface area is 117 Å². The number of aryl methyl sites for hydroxylation is 1. The normalized spacial score (nSPS) is 11.9. The van der Waals surface area contributed by atoms with E-state index in [1.807, 2.05) is 32.2 Å². The molecule has 0 bridgehead atoms. The van der Waals surface area contributed by atoms with E-state index >= 15 is 0 Å². The Morgan fingerprint density at radius 2 is 2.30 bits per heavy atom. The number of aromatic nitrogens is 2. The number of hydrogen-bond donors (Lipinski definition) is 3. The van der Waals surface area contributed by atoms with Crippen LogP contribution in [0.4, 0.5) is 5.69 Å². The molecule has 0 saturated carbocycles. The molecule has 0 fully saturated rings. The summed E-state index contributed by atoms with van der Waals surface area (Å²) < 4.78 is 1.79. The lowest BCUT2D eigenvalue weighted by Gasteiger charge is -2.15. The van der Waals surface area contributed by atoms with E-state index in [4.69, 9.17) is 5.84 Å². The van der Waals surface area contributed by atoms with Gasteiger partial charge in [0.25, 0.3) is 5.91 Å². The van der Waals surface area contributed by atoms with Crippen LogP contribution < -0.4 is 16.6 Å². The van der Waals surface area contributed by atoms with E-state index in [1.165, 1.54) is 0 Å². The second kappa shape index (κ2) is 6.21. The van der Waals surface area contributed by atoms with Gasteiger partial charge in [0.2, 0.25) is 0 Å². The summed E-state index contributed by atoms with van der Waals surface area (Å²) in [6.07, 6.45) is 3.59. The molecule has 0 aliphatic rings. The van der Waals surface area contributed by atoms with E-state index in [9.17, 15) is 4.79 Å². The van der Waals surface area contributed by atoms with E-state index in [0.717, 1.165) is 11.3 Å². The zero-order valence-corrected chi connectivity index (χ0v) is 11.6. The van der Waals surface area contributed by atoms with Crippen molar-refractivity contribution in [1.82, 2.24) is 15.1 Å². The summed E-state index contributed by atoms with van der Waals surface area (Å²) in [5, 5.41) is 7.08. The van der Waals surface area contributed by atoms with Crippen molar-refractivity contribution in [3.63, 3.8) is 0 Å². The fourth-order valence-electron chi connectivity index (χ4n) is 2.04. The van der Waals surface area contributed by atoms with Crippen LogP contribution >= 0.6 is 0 Å². The Balaban J connectivity index is 2.00. The molecule has 0 radical (unpaired) electrons. The van der Waals surface area contributed by atoms with E-state index < -0.39 is 0 Å². The fraction of sp³-hybridized carbons (Fsp3) is 0.286. The highest BCUT2D eigenvalue weighted by atomic mass is 16.1. The Bertz CT molecular complexity index is 579. The quantitative estimate of drug-likeness (QED) is 0.566. The maximum atomic E-state index is 12.2. The Morgan fingerprint density at radius 1 is 1.50 bits per heavy atom. The molecule has 1 amide bonds. The lowest BCUT2D eigenvalue weighted by atomic mass is 10.1. The van der Waals surface area contributed by atoms with Gasteiger partial charge in [0.1, 0.15) is 0 Å². The Hall–Kier alpha value is -2.34. The number of carbonyl (C=O) groups excluding carboxylic acids is 1. The second-order valence-corrected chi connectivity index (χ2v) is 4.78. The van der Waals surface area contributed by atoms with E-state index in [1.54, 1.807) is 23.0 Å². The maximum absolute atomic E-state index is 12.2. The number of nitrogen functional groups attached to an aromatic ring is 1. The van der Waals surface area contributed by atoms with Crippen molar-refractivity contribution in [2.45, 2.75) is 26.4 Å². The number of nitrogens with two attached hydrogens (primary N) is 1. The first-order chi connectivity index (χ1) is 9.60. The third-order valence-corrected chi connectivity index (χ3v) is 3.04. The van der Waals surface area contributed by atoms with Gasteiger partial charge in [0, 0.05) is 29.7 Å². The van der Waals surface area contributed by atoms with E-state index in [0.29, 0.717) is 12.1 Å². The van der Waals surface area contributed by atoms with Crippen molar-refractivity contribution in [1.29, 1.82) is 0 Å². The molecule has 2 rings (SSSR count). The average molecular weight is 273 g/mol. The molecular formula is C14H19N5O. The summed E-state index contributed by atoms with van der Waals surface area (Å²) in [6, 6.07) is 7.24. The third kappa shape index (κ3) is 3.36. The SMILES string of the molecule is Cc1cc(NN)ccc1C(=O)NC(C)Cn1cccn1. The summed E-state index contributed by atoms with van der Waals surface area (Å²) >= 11 is 0. The molecule has 6 nitrogen and oxygen atoms in total. The summed E-state index contributed by atoms with van der Waals surface area (Å²) in [7, 11) is 0. The van der Waals surface area contributed by atoms with Gasteiger partial charge in [-0.2, -0.15) is 5.10 Å². The molecule has 0 spiro atoms. The molecule has 6 heteroatoms. The van der Waals surface area contributed by atoms with Crippen LogP contribution in [0.3, 0.4) is 0 Å². The van der Waals surface area contributed by atoms with Gasteiger partial charge in [-0.3, -0.25) is 15.3 Å². The van der Waals surface area contributed by atoms with Crippen LogP contribution in [0.15, 0.2) is 36.7 Å². The van der Waals surface area contributed by atoms with Crippen LogP contribution in [-0.2, 0) is 6.54 Å². The van der Waals surface area contributed by atoms with Crippen molar-refractivity contribution in [2.75, 3.05) is 5.43 Å². The first kappa shape index (κ1) is 14.1. The molecule has 4 N–H and O–H groups in total. The van der Waals surface area contributed by atoms with Crippen LogP contribution in [0.5, 0.6) is 0 Å². The van der Waals surface area contributed by atoms with Crippen molar-refractivity contribution in [2.24, 2.45) is 5.84 Å². The van der Waals surface area contributed by atoms with Crippen LogP contribution in [0.2, 0.25) is 0 Å². The number of hydrogen-bond acceptors (Lipinski definition) is 4. The lowest BCUT2D eigenvalue weighted by molar-refractivity contribution is 0.0935. The number of hydrazine groups is 1. The number of benzene rings is 1. The number of anilines is 1. The monoisotopic (exact) mass is 273 g/mol. The fourth-order valence-corrected chi connectivity index (χ4v) is 2.04. The largest absolute Gasteiger partial charge is 0.348 e. The lowest BCUT2D eigenvalue weighted by Crippen LogP contribution is -2.36. The smallest absolute Gasteiger partial charge is 0.251 e. The topological polar surface area (TPSA) is 85.0 Å². The van der Waals surface area contributed by atoms with Gasteiger partial charge >= 0.3 is 0 Å². The molecular weight excluding hydrogens is 254 g/mol. The first-order valence-electron chi connectivity index (χ1n) is 6.45. The van der Waals surface area contributed by atoms with Crippen molar-refractivity contribution < 1.29 is 4.79 Å². The van der Waals surface area contributed by atoms with Crippen LogP contribution in [-0.4, -0.2) is 21.7 Å². The zero-order chi connectivity index (χ0) is 14.5. The molecule has 106 valence electrons. The Morgan fingerprint density at radius 3 is 2.90 bits per heavy atom. The molecule has 1 aromatic carbocycles. The number of amides is 1. The number of nitrogens with zero attached hydrogens (tertiary/aromatic N) is 2. The number of nitrogens with one attached hydrogen (secondary N) is 2. The highest BCUT2D eigenvalue weighted by molar-refractivity contribution is 5.96. The summed E-state index contributed by atoms with van der Waals surface area (Å²) in [6.45, 7) is 4.47. The Kier molecular flexibility index (Phi) is 4.37. The van der Waals surface area contributed by atoms with E-state index in [2.05, 4.69) is 15.8 Å². The molecule has 0 saturated heterocycles. The first-order valence-corrected chi connectivity index (χ1v) is 6.45. The minimum absolute atomic E-state index is 0.00545.